The second-order valence-corrected chi connectivity index (χ2v) is 4.83. The van der Waals surface area contributed by atoms with E-state index in [2.05, 4.69) is 17.1 Å². The molecule has 0 radical (unpaired) electrons. The summed E-state index contributed by atoms with van der Waals surface area (Å²) in [4.78, 5) is 19.2. The van der Waals surface area contributed by atoms with Gasteiger partial charge in [-0.15, -0.1) is 5.53 Å². The van der Waals surface area contributed by atoms with Crippen LogP contribution < -0.4 is 0 Å². The lowest BCUT2D eigenvalue weighted by Crippen LogP contribution is -2.33. The zero-order valence-corrected chi connectivity index (χ0v) is 11.5. The van der Waals surface area contributed by atoms with Crippen LogP contribution in [-0.4, -0.2) is 23.5 Å². The van der Waals surface area contributed by atoms with Crippen molar-refractivity contribution < 1.29 is 14.4 Å². The number of amides is 1. The van der Waals surface area contributed by atoms with Crippen LogP contribution in [0.4, 0.5) is 4.79 Å². The number of hydrogen-bond acceptors (Lipinski definition) is 4. The highest BCUT2D eigenvalue weighted by atomic mass is 16.8. The Bertz CT molecular complexity index is 295. The third-order valence-electron chi connectivity index (χ3n) is 1.88. The van der Waals surface area contributed by atoms with Gasteiger partial charge in [0.1, 0.15) is 5.60 Å². The van der Waals surface area contributed by atoms with E-state index < -0.39 is 11.7 Å². The minimum atomic E-state index is -0.809. The SMILES string of the molecule is CCCCCCON(N=[N+]=[N-])C(=O)OC(C)(C)C. The van der Waals surface area contributed by atoms with Crippen molar-refractivity contribution in [1.29, 1.82) is 0 Å². The van der Waals surface area contributed by atoms with E-state index >= 15 is 0 Å². The average Bonchev–Trinajstić information content (AvgIpc) is 2.25. The lowest BCUT2D eigenvalue weighted by atomic mass is 10.2. The molecular weight excluding hydrogens is 236 g/mol. The third-order valence-corrected chi connectivity index (χ3v) is 1.88. The molecule has 0 rings (SSSR count). The van der Waals surface area contributed by atoms with E-state index in [1.165, 1.54) is 0 Å². The zero-order chi connectivity index (χ0) is 14.0. The smallest absolute Gasteiger partial charge is 0.423 e. The fourth-order valence-corrected chi connectivity index (χ4v) is 1.13. The molecule has 0 aliphatic carbocycles. The van der Waals surface area contributed by atoms with Crippen molar-refractivity contribution >= 4 is 6.09 Å². The summed E-state index contributed by atoms with van der Waals surface area (Å²) < 4.78 is 5.03. The van der Waals surface area contributed by atoms with E-state index in [1.807, 2.05) is 0 Å². The standard InChI is InChI=1S/C11H22N4O3/c1-5-6-7-8-9-17-15(14-13-12)10(16)18-11(2,3)4/h5-9H2,1-4H3. The van der Waals surface area contributed by atoms with E-state index in [1.54, 1.807) is 20.8 Å². The molecule has 0 aromatic rings. The van der Waals surface area contributed by atoms with Crippen LogP contribution >= 0.6 is 0 Å². The minimum absolute atomic E-state index is 0.318. The predicted molar refractivity (Wildman–Crippen MR) is 67.3 cm³/mol. The quantitative estimate of drug-likeness (QED) is 0.227. The first-order chi connectivity index (χ1) is 8.40. The molecule has 0 atom stereocenters. The first-order valence-corrected chi connectivity index (χ1v) is 6.11. The largest absolute Gasteiger partial charge is 0.542 e. The van der Waals surface area contributed by atoms with Crippen LogP contribution in [0.3, 0.4) is 0 Å². The normalized spacial score (nSPS) is 10.7. The van der Waals surface area contributed by atoms with Gasteiger partial charge in [0.05, 0.1) is 6.61 Å². The molecule has 0 heterocycles. The molecule has 0 aromatic carbocycles. The van der Waals surface area contributed by atoms with Gasteiger partial charge >= 0.3 is 6.09 Å². The van der Waals surface area contributed by atoms with E-state index in [-0.39, 0.29) is 0 Å². The van der Waals surface area contributed by atoms with E-state index in [0.717, 1.165) is 25.7 Å². The molecule has 7 nitrogen and oxygen atoms in total. The Hall–Kier alpha value is -1.46. The number of hydrogen-bond donors (Lipinski definition) is 0. The molecule has 0 aliphatic heterocycles. The molecule has 0 N–H and O–H groups in total. The molecule has 0 unspecified atom stereocenters. The maximum absolute atomic E-state index is 11.6. The van der Waals surface area contributed by atoms with Crippen molar-refractivity contribution in [3.8, 4) is 0 Å². The lowest BCUT2D eigenvalue weighted by molar-refractivity contribution is -0.149. The summed E-state index contributed by atoms with van der Waals surface area (Å²) in [5.74, 6) is 0. The lowest BCUT2D eigenvalue weighted by Gasteiger charge is -2.19. The molecule has 0 saturated heterocycles. The Labute approximate surface area is 108 Å². The minimum Gasteiger partial charge on any atom is -0.423 e. The first-order valence-electron chi connectivity index (χ1n) is 6.11. The van der Waals surface area contributed by atoms with Crippen molar-refractivity contribution in [2.75, 3.05) is 6.61 Å². The van der Waals surface area contributed by atoms with Gasteiger partial charge in [0.15, 0.2) is 0 Å². The van der Waals surface area contributed by atoms with E-state index in [0.29, 0.717) is 11.8 Å². The summed E-state index contributed by atoms with van der Waals surface area (Å²) in [6.07, 6.45) is 3.22. The van der Waals surface area contributed by atoms with E-state index in [9.17, 15) is 4.79 Å². The topological polar surface area (TPSA) is 87.5 Å². The van der Waals surface area contributed by atoms with Gasteiger partial charge in [-0.25, -0.2) is 0 Å². The summed E-state index contributed by atoms with van der Waals surface area (Å²) in [5.41, 5.74) is 7.69. The second kappa shape index (κ2) is 8.60. The van der Waals surface area contributed by atoms with Gasteiger partial charge in [-0.05, 0) is 27.2 Å². The molecule has 0 spiro atoms. The molecule has 104 valence electrons. The molecule has 0 bridgehead atoms. The van der Waals surface area contributed by atoms with E-state index in [4.69, 9.17) is 15.1 Å². The van der Waals surface area contributed by atoms with Gasteiger partial charge in [0, 0.05) is 10.4 Å². The fourth-order valence-electron chi connectivity index (χ4n) is 1.13. The highest BCUT2D eigenvalue weighted by Gasteiger charge is 2.26. The number of carbonyl (C=O) groups is 1. The average molecular weight is 258 g/mol. The zero-order valence-electron chi connectivity index (χ0n) is 11.5. The Kier molecular flexibility index (Phi) is 7.91. The Morgan fingerprint density at radius 1 is 1.33 bits per heavy atom. The Morgan fingerprint density at radius 2 is 2.00 bits per heavy atom. The number of nitrogens with zero attached hydrogens (tertiary/aromatic N) is 4. The Morgan fingerprint density at radius 3 is 2.50 bits per heavy atom. The van der Waals surface area contributed by atoms with Crippen LogP contribution in [0, 0.1) is 0 Å². The first kappa shape index (κ1) is 16.5. The van der Waals surface area contributed by atoms with Gasteiger partial charge < -0.3 is 4.74 Å². The summed E-state index contributed by atoms with van der Waals surface area (Å²) in [5, 5.41) is 3.70. The van der Waals surface area contributed by atoms with Crippen LogP contribution in [-0.2, 0) is 9.57 Å². The third kappa shape index (κ3) is 8.66. The number of rotatable bonds is 7. The predicted octanol–water partition coefficient (Wildman–Crippen LogP) is 3.96. The molecular formula is C11H22N4O3. The molecule has 0 saturated carbocycles. The Balaban J connectivity index is 4.14. The highest BCUT2D eigenvalue weighted by molar-refractivity contribution is 5.66. The van der Waals surface area contributed by atoms with Crippen molar-refractivity contribution in [3.05, 3.63) is 10.4 Å². The number of ether oxygens (including phenoxy) is 1. The van der Waals surface area contributed by atoms with Crippen molar-refractivity contribution in [3.63, 3.8) is 0 Å². The molecule has 7 heteroatoms. The van der Waals surface area contributed by atoms with Gasteiger partial charge in [-0.3, -0.25) is 0 Å². The molecule has 0 aliphatic rings. The number of unbranched alkanes of at least 4 members (excludes halogenated alkanes) is 3. The number of hydroxylamine groups is 1. The van der Waals surface area contributed by atoms with Crippen molar-refractivity contribution in [2.24, 2.45) is 5.22 Å². The fraction of sp³-hybridized carbons (Fsp3) is 0.909. The molecule has 18 heavy (non-hydrogen) atoms. The summed E-state index contributed by atoms with van der Waals surface area (Å²) >= 11 is 0. The maximum Gasteiger partial charge on any atom is 0.542 e. The van der Waals surface area contributed by atoms with Crippen LogP contribution in [0.5, 0.6) is 0 Å². The number of carbonyl (C=O) groups excluding carboxylic acids is 1. The summed E-state index contributed by atoms with van der Waals surface area (Å²) in [6.45, 7) is 7.59. The molecule has 1 amide bonds. The monoisotopic (exact) mass is 258 g/mol. The van der Waals surface area contributed by atoms with Crippen molar-refractivity contribution in [1.82, 2.24) is 5.17 Å². The van der Waals surface area contributed by atoms with Crippen LogP contribution in [0.25, 0.3) is 10.4 Å². The number of azide groups is 1. The van der Waals surface area contributed by atoms with Gasteiger partial charge in [-0.1, -0.05) is 26.2 Å². The van der Waals surface area contributed by atoms with Crippen LogP contribution in [0.15, 0.2) is 5.22 Å². The summed E-state index contributed by atoms with van der Waals surface area (Å²) in [6, 6.07) is 0. The maximum atomic E-state index is 11.6. The van der Waals surface area contributed by atoms with Crippen molar-refractivity contribution in [2.45, 2.75) is 59.0 Å². The highest BCUT2D eigenvalue weighted by Crippen LogP contribution is 2.11. The van der Waals surface area contributed by atoms with Gasteiger partial charge in [0.2, 0.25) is 0 Å². The second-order valence-electron chi connectivity index (χ2n) is 4.83. The van der Waals surface area contributed by atoms with Crippen LogP contribution in [0.2, 0.25) is 0 Å². The van der Waals surface area contributed by atoms with Gasteiger partial charge in [-0.2, -0.15) is 14.5 Å². The molecule has 0 fully saturated rings. The van der Waals surface area contributed by atoms with Gasteiger partial charge in [0.25, 0.3) is 0 Å². The van der Waals surface area contributed by atoms with Crippen LogP contribution in [0.1, 0.15) is 53.4 Å². The summed E-state index contributed by atoms with van der Waals surface area (Å²) in [7, 11) is 0. The molecule has 0 aromatic heterocycles.